The summed E-state index contributed by atoms with van der Waals surface area (Å²) >= 11 is 0. The average Bonchev–Trinajstić information content (AvgIpc) is 2.76. The van der Waals surface area contributed by atoms with Gasteiger partial charge in [-0.15, -0.1) is 0 Å². The molecule has 0 bridgehead atoms. The van der Waals surface area contributed by atoms with E-state index >= 15 is 0 Å². The van der Waals surface area contributed by atoms with Gasteiger partial charge in [-0.2, -0.15) is 0 Å². The summed E-state index contributed by atoms with van der Waals surface area (Å²) in [5, 5.41) is 0. The van der Waals surface area contributed by atoms with Crippen molar-refractivity contribution >= 4 is 0 Å². The molecule has 1 nitrogen and oxygen atoms in total. The van der Waals surface area contributed by atoms with Crippen molar-refractivity contribution in [2.75, 3.05) is 6.61 Å². The topological polar surface area (TPSA) is 12.5 Å². The van der Waals surface area contributed by atoms with Gasteiger partial charge in [-0.25, -0.2) is 0 Å². The summed E-state index contributed by atoms with van der Waals surface area (Å²) in [7, 11) is 0. The molecule has 1 aliphatic carbocycles. The zero-order valence-corrected chi connectivity index (χ0v) is 5.58. The van der Waals surface area contributed by atoms with Gasteiger partial charge in [-0.1, -0.05) is 36.5 Å². The van der Waals surface area contributed by atoms with E-state index in [0.29, 0.717) is 0 Å². The Labute approximate surface area is 60.0 Å². The van der Waals surface area contributed by atoms with Crippen LogP contribution in [-0.4, -0.2) is 6.61 Å². The van der Waals surface area contributed by atoms with Crippen LogP contribution in [0.25, 0.3) is 0 Å². The molecule has 1 heterocycles. The lowest BCUT2D eigenvalue weighted by atomic mass is 10.2. The number of ether oxygens (including phenoxy) is 1. The van der Waals surface area contributed by atoms with Gasteiger partial charge in [0.25, 0.3) is 0 Å². The van der Waals surface area contributed by atoms with E-state index < -0.39 is 0 Å². The normalized spacial score (nSPS) is 20.8. The molecule has 1 fully saturated rings. The summed E-state index contributed by atoms with van der Waals surface area (Å²) in [6, 6.07) is 0. The van der Waals surface area contributed by atoms with E-state index in [2.05, 4.69) is 12.2 Å². The van der Waals surface area contributed by atoms with Crippen molar-refractivity contribution in [3.05, 3.63) is 47.8 Å². The summed E-state index contributed by atoms with van der Waals surface area (Å²) < 4.78 is 5.05. The lowest BCUT2D eigenvalue weighted by molar-refractivity contribution is 0.508. The molecule has 0 atom stereocenters. The van der Waals surface area contributed by atoms with Crippen LogP contribution < -0.4 is 0 Å². The molecule has 0 N–H and O–H groups in total. The maximum absolute atomic E-state index is 5.05. The maximum Gasteiger partial charge on any atom is 0.146 e. The molecule has 0 aromatic carbocycles. The molecule has 0 amide bonds. The van der Waals surface area contributed by atoms with Crippen LogP contribution in [-0.2, 0) is 4.74 Å². The smallest absolute Gasteiger partial charge is 0.146 e. The quantitative estimate of drug-likeness (QED) is 0.459. The standard InChI is InChI=1S/C9H8O/c1-2-4-6-8(5-3-1)9-7-10-9/h1-6H,7H2. The van der Waals surface area contributed by atoms with E-state index in [4.69, 9.17) is 4.74 Å². The monoisotopic (exact) mass is 132 g/mol. The number of rotatable bonds is 0. The molecular weight excluding hydrogens is 124 g/mol. The van der Waals surface area contributed by atoms with Crippen LogP contribution in [0.15, 0.2) is 47.8 Å². The van der Waals surface area contributed by atoms with Crippen LogP contribution in [0.3, 0.4) is 0 Å². The Kier molecular flexibility index (Phi) is 1.21. The highest BCUT2D eigenvalue weighted by Crippen LogP contribution is 2.22. The van der Waals surface area contributed by atoms with E-state index in [1.807, 2.05) is 24.3 Å². The number of allylic oxidation sites excluding steroid dienone is 7. The highest BCUT2D eigenvalue weighted by atomic mass is 16.6. The fourth-order valence-electron chi connectivity index (χ4n) is 0.891. The Bertz CT molecular complexity index is 230. The molecule has 1 aliphatic heterocycles. The van der Waals surface area contributed by atoms with Crippen molar-refractivity contribution in [1.29, 1.82) is 0 Å². The van der Waals surface area contributed by atoms with Crippen molar-refractivity contribution in [3.8, 4) is 0 Å². The maximum atomic E-state index is 5.05. The Morgan fingerprint density at radius 2 is 1.60 bits per heavy atom. The van der Waals surface area contributed by atoms with Crippen LogP contribution in [0.1, 0.15) is 0 Å². The first-order valence-electron chi connectivity index (χ1n) is 3.34. The summed E-state index contributed by atoms with van der Waals surface area (Å²) in [5.74, 6) is 1.11. The second kappa shape index (κ2) is 2.18. The molecule has 1 saturated heterocycles. The van der Waals surface area contributed by atoms with Gasteiger partial charge in [0.05, 0.1) is 0 Å². The van der Waals surface area contributed by atoms with Crippen LogP contribution in [0.5, 0.6) is 0 Å². The lowest BCUT2D eigenvalue weighted by Crippen LogP contribution is -1.67. The molecule has 2 rings (SSSR count). The Hall–Kier alpha value is -1.24. The molecule has 0 aromatic heterocycles. The first kappa shape index (κ1) is 5.54. The van der Waals surface area contributed by atoms with E-state index in [1.165, 1.54) is 5.57 Å². The van der Waals surface area contributed by atoms with Gasteiger partial charge in [0, 0.05) is 5.57 Å². The van der Waals surface area contributed by atoms with Crippen molar-refractivity contribution in [3.63, 3.8) is 0 Å². The minimum Gasteiger partial charge on any atom is -0.486 e. The van der Waals surface area contributed by atoms with Crippen molar-refractivity contribution in [1.82, 2.24) is 0 Å². The molecule has 0 saturated carbocycles. The van der Waals surface area contributed by atoms with Gasteiger partial charge in [0.15, 0.2) is 0 Å². The van der Waals surface area contributed by atoms with E-state index in [9.17, 15) is 0 Å². The molecule has 0 aromatic rings. The van der Waals surface area contributed by atoms with Crippen molar-refractivity contribution in [2.24, 2.45) is 0 Å². The molecule has 0 radical (unpaired) electrons. The Morgan fingerprint density at radius 1 is 1.00 bits per heavy atom. The van der Waals surface area contributed by atoms with Gasteiger partial charge in [-0.3, -0.25) is 0 Å². The van der Waals surface area contributed by atoms with Crippen molar-refractivity contribution in [2.45, 2.75) is 0 Å². The predicted molar refractivity (Wildman–Crippen MR) is 40.4 cm³/mol. The highest BCUT2D eigenvalue weighted by Gasteiger charge is 2.16. The first-order chi connectivity index (χ1) is 4.97. The lowest BCUT2D eigenvalue weighted by Gasteiger charge is -1.83. The molecule has 1 heteroatoms. The second-order valence-electron chi connectivity index (χ2n) is 2.27. The fraction of sp³-hybridized carbons (Fsp3) is 0.111. The summed E-state index contributed by atoms with van der Waals surface area (Å²) in [5.41, 5.74) is 1.20. The minimum atomic E-state index is 0.810. The first-order valence-corrected chi connectivity index (χ1v) is 3.34. The van der Waals surface area contributed by atoms with E-state index in [0.717, 1.165) is 12.4 Å². The zero-order chi connectivity index (χ0) is 6.81. The predicted octanol–water partition coefficient (Wildman–Crippen LogP) is 1.95. The number of hydrogen-bond donors (Lipinski definition) is 0. The average molecular weight is 132 g/mol. The van der Waals surface area contributed by atoms with Gasteiger partial charge in [0.2, 0.25) is 0 Å². The molecule has 0 unspecified atom stereocenters. The second-order valence-corrected chi connectivity index (χ2v) is 2.27. The molecule has 2 aliphatic rings. The minimum absolute atomic E-state index is 0.810. The van der Waals surface area contributed by atoms with Gasteiger partial charge in [-0.05, 0) is 0 Å². The molecule has 10 heavy (non-hydrogen) atoms. The third-order valence-corrected chi connectivity index (χ3v) is 1.50. The van der Waals surface area contributed by atoms with Gasteiger partial charge < -0.3 is 4.74 Å². The molecule has 50 valence electrons. The van der Waals surface area contributed by atoms with Crippen LogP contribution >= 0.6 is 0 Å². The van der Waals surface area contributed by atoms with Crippen LogP contribution in [0, 0.1) is 0 Å². The van der Waals surface area contributed by atoms with Crippen molar-refractivity contribution < 1.29 is 4.74 Å². The van der Waals surface area contributed by atoms with Crippen LogP contribution in [0.2, 0.25) is 0 Å². The Morgan fingerprint density at radius 3 is 2.10 bits per heavy atom. The van der Waals surface area contributed by atoms with Gasteiger partial charge >= 0.3 is 0 Å². The summed E-state index contributed by atoms with van der Waals surface area (Å²) in [6.07, 6.45) is 12.2. The highest BCUT2D eigenvalue weighted by molar-refractivity contribution is 5.41. The third kappa shape index (κ3) is 1.03. The third-order valence-electron chi connectivity index (χ3n) is 1.50. The fourth-order valence-corrected chi connectivity index (χ4v) is 0.891. The van der Waals surface area contributed by atoms with E-state index in [1.54, 1.807) is 0 Å². The largest absolute Gasteiger partial charge is 0.486 e. The van der Waals surface area contributed by atoms with Gasteiger partial charge in [0.1, 0.15) is 12.4 Å². The Balaban J connectivity index is 2.32. The van der Waals surface area contributed by atoms with E-state index in [-0.39, 0.29) is 0 Å². The SMILES string of the molecule is C1=CC=CC(=C2CO2)C=C1. The summed E-state index contributed by atoms with van der Waals surface area (Å²) in [6.45, 7) is 0.810. The number of epoxide rings is 1. The summed E-state index contributed by atoms with van der Waals surface area (Å²) in [4.78, 5) is 0. The molecule has 0 spiro atoms. The van der Waals surface area contributed by atoms with Crippen LogP contribution in [0.4, 0.5) is 0 Å². The molecular formula is C9H8O. The number of hydrogen-bond acceptors (Lipinski definition) is 1. The zero-order valence-electron chi connectivity index (χ0n) is 5.58.